The van der Waals surface area contributed by atoms with E-state index in [0.29, 0.717) is 25.3 Å². The average Bonchev–Trinajstić information content (AvgIpc) is 2.76. The van der Waals surface area contributed by atoms with Crippen LogP contribution in [0.25, 0.3) is 0 Å². The second-order valence-electron chi connectivity index (χ2n) is 4.16. The lowest BCUT2D eigenvalue weighted by atomic mass is 10.3. The largest absolute Gasteiger partial charge is 0.390 e. The highest BCUT2D eigenvalue weighted by Crippen LogP contribution is 2.15. The van der Waals surface area contributed by atoms with Gasteiger partial charge in [0.05, 0.1) is 16.9 Å². The van der Waals surface area contributed by atoms with Gasteiger partial charge in [-0.2, -0.15) is 4.68 Å². The Morgan fingerprint density at radius 2 is 2.37 bits per heavy atom. The number of carbonyl (C=O) groups excluding carboxylic acids is 1. The van der Waals surface area contributed by atoms with Crippen LogP contribution in [0.15, 0.2) is 6.07 Å². The zero-order valence-electron chi connectivity index (χ0n) is 11.3. The Balaban J connectivity index is 2.63. The fraction of sp³-hybridized carbons (Fsp3) is 0.636. The van der Waals surface area contributed by atoms with Crippen molar-refractivity contribution in [2.45, 2.75) is 26.3 Å². The van der Waals surface area contributed by atoms with Gasteiger partial charge in [-0.1, -0.05) is 0 Å². The molecule has 0 aromatic carbocycles. The summed E-state index contributed by atoms with van der Waals surface area (Å²) in [7, 11) is 1.59. The normalized spacial score (nSPS) is 12.2. The molecule has 106 valence electrons. The number of hydrogen-bond donors (Lipinski definition) is 1. The summed E-state index contributed by atoms with van der Waals surface area (Å²) in [5.74, 6) is -0.478. The fourth-order valence-corrected chi connectivity index (χ4v) is 1.64. The molecule has 19 heavy (non-hydrogen) atoms. The minimum absolute atomic E-state index is 0.225. The van der Waals surface area contributed by atoms with Crippen LogP contribution < -0.4 is 5.32 Å². The first-order chi connectivity index (χ1) is 8.97. The molecule has 1 aromatic rings. The SMILES string of the molecule is COCCCNC(=O)C(C)n1nc([N+](=O)[O-])cc1C. The van der Waals surface area contributed by atoms with Crippen LogP contribution >= 0.6 is 0 Å². The van der Waals surface area contributed by atoms with Gasteiger partial charge in [-0.3, -0.25) is 4.79 Å². The fourth-order valence-electron chi connectivity index (χ4n) is 1.64. The zero-order chi connectivity index (χ0) is 14.4. The number of hydrogen-bond acceptors (Lipinski definition) is 5. The molecule has 1 amide bonds. The van der Waals surface area contributed by atoms with E-state index in [2.05, 4.69) is 10.4 Å². The van der Waals surface area contributed by atoms with Gasteiger partial charge in [0, 0.05) is 20.3 Å². The van der Waals surface area contributed by atoms with E-state index in [1.54, 1.807) is 21.0 Å². The Labute approximate surface area is 110 Å². The Morgan fingerprint density at radius 3 is 2.89 bits per heavy atom. The van der Waals surface area contributed by atoms with E-state index in [-0.39, 0.29) is 11.7 Å². The van der Waals surface area contributed by atoms with E-state index in [1.807, 2.05) is 0 Å². The van der Waals surface area contributed by atoms with Crippen LogP contribution in [-0.4, -0.2) is 40.9 Å². The molecule has 0 aliphatic rings. The van der Waals surface area contributed by atoms with Crippen LogP contribution in [0.2, 0.25) is 0 Å². The summed E-state index contributed by atoms with van der Waals surface area (Å²) in [6, 6.07) is 0.755. The lowest BCUT2D eigenvalue weighted by Gasteiger charge is -2.11. The first-order valence-electron chi connectivity index (χ1n) is 5.94. The molecule has 0 fully saturated rings. The van der Waals surface area contributed by atoms with E-state index < -0.39 is 11.0 Å². The molecule has 1 rings (SSSR count). The topological polar surface area (TPSA) is 99.3 Å². The maximum absolute atomic E-state index is 11.9. The molecule has 1 N–H and O–H groups in total. The molecule has 0 saturated heterocycles. The predicted octanol–water partition coefficient (Wildman–Crippen LogP) is 0.813. The predicted molar refractivity (Wildman–Crippen MR) is 67.8 cm³/mol. The standard InChI is InChI=1S/C11H18N4O4/c1-8-7-10(15(17)18)13-14(8)9(2)11(16)12-5-4-6-19-3/h7,9H,4-6H2,1-3H3,(H,12,16). The van der Waals surface area contributed by atoms with E-state index in [4.69, 9.17) is 4.74 Å². The summed E-state index contributed by atoms with van der Waals surface area (Å²) in [6.07, 6.45) is 0.715. The monoisotopic (exact) mass is 270 g/mol. The number of methoxy groups -OCH3 is 1. The van der Waals surface area contributed by atoms with Gasteiger partial charge < -0.3 is 20.2 Å². The molecule has 0 saturated carbocycles. The number of nitro groups is 1. The van der Waals surface area contributed by atoms with Gasteiger partial charge in [0.1, 0.15) is 6.04 Å². The van der Waals surface area contributed by atoms with Crippen molar-refractivity contribution >= 4 is 11.7 Å². The molecule has 8 heteroatoms. The van der Waals surface area contributed by atoms with Crippen molar-refractivity contribution < 1.29 is 14.5 Å². The van der Waals surface area contributed by atoms with Gasteiger partial charge in [-0.05, 0) is 25.2 Å². The Kier molecular flexibility index (Phi) is 5.43. The molecule has 0 spiro atoms. The molecule has 0 bridgehead atoms. The van der Waals surface area contributed by atoms with E-state index >= 15 is 0 Å². The van der Waals surface area contributed by atoms with Crippen molar-refractivity contribution in [2.24, 2.45) is 0 Å². The molecule has 1 atom stereocenters. The number of nitrogens with one attached hydrogen (secondary N) is 1. The van der Waals surface area contributed by atoms with Gasteiger partial charge in [0.2, 0.25) is 5.91 Å². The lowest BCUT2D eigenvalue weighted by molar-refractivity contribution is -0.389. The van der Waals surface area contributed by atoms with Crippen molar-refractivity contribution in [1.82, 2.24) is 15.1 Å². The van der Waals surface area contributed by atoms with Crippen LogP contribution in [0, 0.1) is 17.0 Å². The summed E-state index contributed by atoms with van der Waals surface area (Å²) >= 11 is 0. The van der Waals surface area contributed by atoms with Crippen molar-refractivity contribution in [1.29, 1.82) is 0 Å². The summed E-state index contributed by atoms with van der Waals surface area (Å²) < 4.78 is 6.22. The highest BCUT2D eigenvalue weighted by atomic mass is 16.6. The first kappa shape index (κ1) is 15.1. The molecule has 1 aromatic heterocycles. The van der Waals surface area contributed by atoms with Gasteiger partial charge in [0.15, 0.2) is 0 Å². The zero-order valence-corrected chi connectivity index (χ0v) is 11.3. The molecule has 1 heterocycles. The van der Waals surface area contributed by atoms with Crippen LogP contribution in [0.3, 0.4) is 0 Å². The molecule has 8 nitrogen and oxygen atoms in total. The van der Waals surface area contributed by atoms with Gasteiger partial charge in [0.25, 0.3) is 0 Å². The minimum atomic E-state index is -0.587. The van der Waals surface area contributed by atoms with E-state index in [0.717, 1.165) is 0 Å². The Bertz CT molecular complexity index is 458. The highest BCUT2D eigenvalue weighted by Gasteiger charge is 2.24. The molecule has 0 aliphatic carbocycles. The summed E-state index contributed by atoms with van der Waals surface area (Å²) in [4.78, 5) is 21.9. The number of rotatable bonds is 7. The van der Waals surface area contributed by atoms with Gasteiger partial charge in [-0.25, -0.2) is 0 Å². The summed E-state index contributed by atoms with van der Waals surface area (Å²) in [5, 5.41) is 17.2. The van der Waals surface area contributed by atoms with E-state index in [9.17, 15) is 14.9 Å². The minimum Gasteiger partial charge on any atom is -0.385 e. The molecular formula is C11H18N4O4. The van der Waals surface area contributed by atoms with Crippen LogP contribution in [0.4, 0.5) is 5.82 Å². The van der Waals surface area contributed by atoms with Crippen molar-refractivity contribution in [3.8, 4) is 0 Å². The van der Waals surface area contributed by atoms with Crippen LogP contribution in [-0.2, 0) is 9.53 Å². The van der Waals surface area contributed by atoms with Crippen molar-refractivity contribution in [3.05, 3.63) is 21.9 Å². The lowest BCUT2D eigenvalue weighted by Crippen LogP contribution is -2.33. The molecule has 0 radical (unpaired) electrons. The Morgan fingerprint density at radius 1 is 1.68 bits per heavy atom. The maximum atomic E-state index is 11.9. The van der Waals surface area contributed by atoms with Crippen molar-refractivity contribution in [3.63, 3.8) is 0 Å². The molecule has 0 aliphatic heterocycles. The maximum Gasteiger partial charge on any atom is 0.390 e. The summed E-state index contributed by atoms with van der Waals surface area (Å²) in [6.45, 7) is 4.39. The smallest absolute Gasteiger partial charge is 0.385 e. The number of aromatic nitrogens is 2. The van der Waals surface area contributed by atoms with Crippen LogP contribution in [0.5, 0.6) is 0 Å². The average molecular weight is 270 g/mol. The molecule has 1 unspecified atom stereocenters. The second kappa shape index (κ2) is 6.83. The number of carbonyl (C=O) groups is 1. The van der Waals surface area contributed by atoms with Gasteiger partial charge in [-0.15, -0.1) is 0 Å². The first-order valence-corrected chi connectivity index (χ1v) is 5.94. The molecular weight excluding hydrogens is 252 g/mol. The number of amides is 1. The van der Waals surface area contributed by atoms with Crippen molar-refractivity contribution in [2.75, 3.05) is 20.3 Å². The highest BCUT2D eigenvalue weighted by molar-refractivity contribution is 5.79. The third-order valence-corrected chi connectivity index (χ3v) is 2.67. The van der Waals surface area contributed by atoms with Crippen LogP contribution in [0.1, 0.15) is 25.1 Å². The number of aryl methyl sites for hydroxylation is 1. The number of ether oxygens (including phenoxy) is 1. The second-order valence-corrected chi connectivity index (χ2v) is 4.16. The number of nitrogens with zero attached hydrogens (tertiary/aromatic N) is 3. The quantitative estimate of drug-likeness (QED) is 0.449. The third kappa shape index (κ3) is 4.02. The Hall–Kier alpha value is -1.96. The van der Waals surface area contributed by atoms with E-state index in [1.165, 1.54) is 10.7 Å². The third-order valence-electron chi connectivity index (χ3n) is 2.67. The van der Waals surface area contributed by atoms with Gasteiger partial charge >= 0.3 is 5.82 Å². The summed E-state index contributed by atoms with van der Waals surface area (Å²) in [5.41, 5.74) is 0.575.